The van der Waals surface area contributed by atoms with Crippen LogP contribution in [0.3, 0.4) is 0 Å². The molecule has 0 aromatic heterocycles. The second-order valence-electron chi connectivity index (χ2n) is 5.67. The molecule has 0 saturated carbocycles. The summed E-state index contributed by atoms with van der Waals surface area (Å²) in [4.78, 5) is 11.9. The van der Waals surface area contributed by atoms with Crippen molar-refractivity contribution < 1.29 is 14.3 Å². The van der Waals surface area contributed by atoms with Crippen molar-refractivity contribution >= 4 is 11.7 Å². The van der Waals surface area contributed by atoms with Crippen molar-refractivity contribution in [3.05, 3.63) is 29.3 Å². The summed E-state index contributed by atoms with van der Waals surface area (Å²) >= 11 is 0. The van der Waals surface area contributed by atoms with E-state index in [9.17, 15) is 4.79 Å². The number of hydrogen-bond donors (Lipinski definition) is 2. The van der Waals surface area contributed by atoms with Crippen molar-refractivity contribution in [1.29, 1.82) is 0 Å². The van der Waals surface area contributed by atoms with Crippen molar-refractivity contribution in [3.8, 4) is 0 Å². The molecule has 1 heterocycles. The van der Waals surface area contributed by atoms with Gasteiger partial charge in [0, 0.05) is 18.8 Å². The van der Waals surface area contributed by atoms with E-state index < -0.39 is 0 Å². The van der Waals surface area contributed by atoms with Gasteiger partial charge in [-0.3, -0.25) is 0 Å². The Morgan fingerprint density at radius 1 is 1.32 bits per heavy atom. The monoisotopic (exact) mass is 306 g/mol. The van der Waals surface area contributed by atoms with Gasteiger partial charge < -0.3 is 20.1 Å². The third kappa shape index (κ3) is 5.31. The van der Waals surface area contributed by atoms with Crippen molar-refractivity contribution in [2.45, 2.75) is 45.8 Å². The van der Waals surface area contributed by atoms with Crippen molar-refractivity contribution in [2.75, 3.05) is 25.1 Å². The van der Waals surface area contributed by atoms with Crippen LogP contribution in [0.2, 0.25) is 0 Å². The minimum absolute atomic E-state index is 0.0582. The number of rotatable bonds is 6. The molecule has 5 heteroatoms. The Kier molecular flexibility index (Phi) is 6.68. The number of carbonyl (C=O) groups is 1. The summed E-state index contributed by atoms with van der Waals surface area (Å²) in [6, 6.07) is 5.78. The molecule has 5 nitrogen and oxygen atoms in total. The molecule has 1 aromatic rings. The minimum Gasteiger partial charge on any atom is -0.353 e. The van der Waals surface area contributed by atoms with E-state index in [0.717, 1.165) is 42.7 Å². The van der Waals surface area contributed by atoms with Crippen LogP contribution in [0.1, 0.15) is 36.8 Å². The first kappa shape index (κ1) is 16.8. The van der Waals surface area contributed by atoms with Crippen LogP contribution >= 0.6 is 0 Å². The Balaban J connectivity index is 1.61. The molecule has 22 heavy (non-hydrogen) atoms. The lowest BCUT2D eigenvalue weighted by atomic mass is 10.1. The van der Waals surface area contributed by atoms with Crippen LogP contribution in [-0.4, -0.2) is 32.1 Å². The van der Waals surface area contributed by atoms with Gasteiger partial charge in [-0.15, -0.1) is 0 Å². The van der Waals surface area contributed by atoms with Gasteiger partial charge >= 0.3 is 6.03 Å². The normalized spacial score (nSPS) is 18.0. The highest BCUT2D eigenvalue weighted by atomic mass is 16.7. The lowest BCUT2D eigenvalue weighted by Gasteiger charge is -2.22. The van der Waals surface area contributed by atoms with Crippen LogP contribution in [0.5, 0.6) is 0 Å². The maximum Gasteiger partial charge on any atom is 0.319 e. The first-order valence-corrected chi connectivity index (χ1v) is 8.01. The standard InChI is InChI=1S/C17H26N2O3/c1-13-7-5-8-14(2)16(13)19-17(20)18-10-6-12-22-15-9-3-4-11-21-15/h5,7-8,15H,3-4,6,9-12H2,1-2H3,(H2,18,19,20)/t15-/m1/s1. The van der Waals surface area contributed by atoms with E-state index >= 15 is 0 Å². The van der Waals surface area contributed by atoms with E-state index in [4.69, 9.17) is 9.47 Å². The number of hydrogen-bond acceptors (Lipinski definition) is 3. The van der Waals surface area contributed by atoms with Crippen molar-refractivity contribution in [2.24, 2.45) is 0 Å². The zero-order chi connectivity index (χ0) is 15.8. The van der Waals surface area contributed by atoms with Crippen LogP contribution in [0.25, 0.3) is 0 Å². The molecule has 0 bridgehead atoms. The molecule has 1 aromatic carbocycles. The summed E-state index contributed by atoms with van der Waals surface area (Å²) in [5, 5.41) is 5.76. The molecule has 2 N–H and O–H groups in total. The summed E-state index contributed by atoms with van der Waals surface area (Å²) in [6.45, 7) is 5.96. The second-order valence-corrected chi connectivity index (χ2v) is 5.67. The molecule has 0 aliphatic carbocycles. The molecule has 122 valence electrons. The Hall–Kier alpha value is -1.59. The summed E-state index contributed by atoms with van der Waals surface area (Å²) in [7, 11) is 0. The molecule has 1 saturated heterocycles. The third-order valence-corrected chi connectivity index (χ3v) is 3.77. The van der Waals surface area contributed by atoms with Gasteiger partial charge in [-0.1, -0.05) is 18.2 Å². The molecular weight excluding hydrogens is 280 g/mol. The molecule has 1 fully saturated rings. The van der Waals surface area contributed by atoms with E-state index in [1.54, 1.807) is 0 Å². The van der Waals surface area contributed by atoms with Gasteiger partial charge in [-0.05, 0) is 50.7 Å². The molecule has 2 rings (SSSR count). The second kappa shape index (κ2) is 8.76. The van der Waals surface area contributed by atoms with Crippen molar-refractivity contribution in [1.82, 2.24) is 5.32 Å². The van der Waals surface area contributed by atoms with Gasteiger partial charge in [-0.2, -0.15) is 0 Å². The number of nitrogens with one attached hydrogen (secondary N) is 2. The van der Waals surface area contributed by atoms with Crippen molar-refractivity contribution in [3.63, 3.8) is 0 Å². The number of urea groups is 1. The number of carbonyl (C=O) groups excluding carboxylic acids is 1. The number of benzene rings is 1. The maximum atomic E-state index is 11.9. The first-order chi connectivity index (χ1) is 10.7. The first-order valence-electron chi connectivity index (χ1n) is 8.01. The van der Waals surface area contributed by atoms with Gasteiger partial charge in [0.25, 0.3) is 0 Å². The van der Waals surface area contributed by atoms with E-state index in [-0.39, 0.29) is 12.3 Å². The SMILES string of the molecule is Cc1cccc(C)c1NC(=O)NCCCO[C@@H]1CCCCO1. The van der Waals surface area contributed by atoms with Gasteiger partial charge in [0.2, 0.25) is 0 Å². The Labute approximate surface area is 132 Å². The largest absolute Gasteiger partial charge is 0.353 e. The zero-order valence-corrected chi connectivity index (χ0v) is 13.5. The fourth-order valence-corrected chi connectivity index (χ4v) is 2.50. The number of aryl methyl sites for hydroxylation is 2. The molecule has 0 spiro atoms. The molecule has 0 radical (unpaired) electrons. The number of para-hydroxylation sites is 1. The average Bonchev–Trinajstić information content (AvgIpc) is 2.52. The molecule has 2 amide bonds. The minimum atomic E-state index is -0.175. The highest BCUT2D eigenvalue weighted by Gasteiger charge is 2.13. The van der Waals surface area contributed by atoms with Gasteiger partial charge in [-0.25, -0.2) is 4.79 Å². The molecule has 0 unspecified atom stereocenters. The topological polar surface area (TPSA) is 59.6 Å². The Morgan fingerprint density at radius 2 is 2.09 bits per heavy atom. The number of ether oxygens (including phenoxy) is 2. The fraction of sp³-hybridized carbons (Fsp3) is 0.588. The van der Waals surface area contributed by atoms with E-state index in [1.165, 1.54) is 6.42 Å². The molecule has 1 aliphatic rings. The summed E-state index contributed by atoms with van der Waals surface area (Å²) in [5.74, 6) is 0. The molecule has 1 atom stereocenters. The fourth-order valence-electron chi connectivity index (χ4n) is 2.50. The summed E-state index contributed by atoms with van der Waals surface area (Å²) in [5.41, 5.74) is 3.01. The van der Waals surface area contributed by atoms with Gasteiger partial charge in [0.1, 0.15) is 0 Å². The highest BCUT2D eigenvalue weighted by Crippen LogP contribution is 2.19. The van der Waals surface area contributed by atoms with Crippen LogP contribution in [0.4, 0.5) is 10.5 Å². The third-order valence-electron chi connectivity index (χ3n) is 3.77. The van der Waals surface area contributed by atoms with Gasteiger partial charge in [0.05, 0.1) is 6.61 Å². The molecular formula is C17H26N2O3. The molecule has 1 aliphatic heterocycles. The smallest absolute Gasteiger partial charge is 0.319 e. The predicted molar refractivity (Wildman–Crippen MR) is 87.1 cm³/mol. The van der Waals surface area contributed by atoms with E-state index in [1.807, 2.05) is 32.0 Å². The Morgan fingerprint density at radius 3 is 2.77 bits per heavy atom. The zero-order valence-electron chi connectivity index (χ0n) is 13.5. The number of anilines is 1. The van der Waals surface area contributed by atoms with E-state index in [0.29, 0.717) is 13.2 Å². The quantitative estimate of drug-likeness (QED) is 0.792. The lowest BCUT2D eigenvalue weighted by molar-refractivity contribution is -0.162. The average molecular weight is 306 g/mol. The van der Waals surface area contributed by atoms with E-state index in [2.05, 4.69) is 10.6 Å². The number of amides is 2. The summed E-state index contributed by atoms with van der Waals surface area (Å²) in [6.07, 6.45) is 3.99. The van der Waals surface area contributed by atoms with Crippen LogP contribution in [0, 0.1) is 13.8 Å². The van der Waals surface area contributed by atoms with Gasteiger partial charge in [0.15, 0.2) is 6.29 Å². The summed E-state index contributed by atoms with van der Waals surface area (Å²) < 4.78 is 11.1. The lowest BCUT2D eigenvalue weighted by Crippen LogP contribution is -2.31. The van der Waals surface area contributed by atoms with Crippen LogP contribution in [-0.2, 0) is 9.47 Å². The van der Waals surface area contributed by atoms with Crippen LogP contribution in [0.15, 0.2) is 18.2 Å². The predicted octanol–water partition coefficient (Wildman–Crippen LogP) is 3.36. The maximum absolute atomic E-state index is 11.9. The Bertz CT molecular complexity index is 465. The van der Waals surface area contributed by atoms with Crippen LogP contribution < -0.4 is 10.6 Å². The highest BCUT2D eigenvalue weighted by molar-refractivity contribution is 5.90.